The summed E-state index contributed by atoms with van der Waals surface area (Å²) in [6.07, 6.45) is 6.08. The van der Waals surface area contributed by atoms with Gasteiger partial charge in [0.15, 0.2) is 5.78 Å². The highest BCUT2D eigenvalue weighted by Crippen LogP contribution is 2.35. The number of rotatable bonds is 3. The molecule has 0 aliphatic heterocycles. The van der Waals surface area contributed by atoms with Gasteiger partial charge in [0.1, 0.15) is 5.75 Å². The van der Waals surface area contributed by atoms with Crippen molar-refractivity contribution < 1.29 is 9.53 Å². The first-order valence-corrected chi connectivity index (χ1v) is 8.07. The number of aryl methyl sites for hydroxylation is 2. The zero-order chi connectivity index (χ0) is 15.8. The van der Waals surface area contributed by atoms with E-state index in [0.717, 1.165) is 37.1 Å². The molecule has 0 unspecified atom stereocenters. The molecule has 1 aromatic heterocycles. The van der Waals surface area contributed by atoms with Crippen LogP contribution in [0.15, 0.2) is 24.4 Å². The molecule has 0 amide bonds. The number of ketones is 1. The predicted molar refractivity (Wildman–Crippen MR) is 87.0 cm³/mol. The van der Waals surface area contributed by atoms with Crippen LogP contribution in [0.5, 0.6) is 5.75 Å². The number of Topliss-reactive ketones (excluding diaryl/α,β-unsaturated/α-hetero) is 1. The third-order valence-corrected chi connectivity index (χ3v) is 4.72. The van der Waals surface area contributed by atoms with Crippen LogP contribution in [0.25, 0.3) is 0 Å². The second-order valence-electron chi connectivity index (χ2n) is 6.13. The number of ether oxygens (including phenoxy) is 1. The third kappa shape index (κ3) is 2.56. The summed E-state index contributed by atoms with van der Waals surface area (Å²) in [6, 6.07) is 6.41. The number of fused-ring (bicyclic) bond motifs is 2. The van der Waals surface area contributed by atoms with Crippen LogP contribution >= 0.6 is 0 Å². The van der Waals surface area contributed by atoms with Crippen molar-refractivity contribution in [2.24, 2.45) is 0 Å². The Labute approximate surface area is 135 Å². The monoisotopic (exact) mass is 309 g/mol. The van der Waals surface area contributed by atoms with Gasteiger partial charge in [-0.2, -0.15) is 0 Å². The number of anilines is 1. The first kappa shape index (κ1) is 14.2. The van der Waals surface area contributed by atoms with Crippen LogP contribution in [0.3, 0.4) is 0 Å². The molecule has 4 rings (SSSR count). The minimum Gasteiger partial charge on any atom is -0.497 e. The average molecular weight is 309 g/mol. The van der Waals surface area contributed by atoms with Gasteiger partial charge in [0.25, 0.3) is 0 Å². The number of benzene rings is 1. The Hall–Kier alpha value is -2.43. The zero-order valence-electron chi connectivity index (χ0n) is 13.1. The second kappa shape index (κ2) is 5.65. The van der Waals surface area contributed by atoms with Crippen LogP contribution in [0, 0.1) is 0 Å². The van der Waals surface area contributed by atoms with Gasteiger partial charge in [-0.1, -0.05) is 6.07 Å². The second-order valence-corrected chi connectivity index (χ2v) is 6.13. The van der Waals surface area contributed by atoms with Crippen LogP contribution in [0.2, 0.25) is 0 Å². The lowest BCUT2D eigenvalue weighted by molar-refractivity contribution is 0.0971. The Morgan fingerprint density at radius 2 is 2.17 bits per heavy atom. The maximum atomic E-state index is 11.9. The molecule has 5 heteroatoms. The fourth-order valence-electron chi connectivity index (χ4n) is 3.47. The molecule has 2 aliphatic rings. The van der Waals surface area contributed by atoms with Gasteiger partial charge >= 0.3 is 0 Å². The molecule has 0 saturated carbocycles. The molecule has 2 aromatic rings. The zero-order valence-corrected chi connectivity index (χ0v) is 13.1. The topological polar surface area (TPSA) is 64.1 Å². The summed E-state index contributed by atoms with van der Waals surface area (Å²) in [4.78, 5) is 20.8. The van der Waals surface area contributed by atoms with Gasteiger partial charge in [-0.25, -0.2) is 9.97 Å². The van der Waals surface area contributed by atoms with Crippen LogP contribution in [0.1, 0.15) is 52.5 Å². The summed E-state index contributed by atoms with van der Waals surface area (Å²) in [7, 11) is 1.68. The molecule has 1 N–H and O–H groups in total. The number of carbonyl (C=O) groups is 1. The van der Waals surface area contributed by atoms with Crippen molar-refractivity contribution >= 4 is 11.7 Å². The van der Waals surface area contributed by atoms with Gasteiger partial charge in [0, 0.05) is 12.6 Å². The number of hydrogen-bond acceptors (Lipinski definition) is 5. The average Bonchev–Trinajstić information content (AvgIpc) is 2.97. The molecule has 0 bridgehead atoms. The summed E-state index contributed by atoms with van der Waals surface area (Å²) in [5, 5.41) is 3.42. The lowest BCUT2D eigenvalue weighted by Crippen LogP contribution is -2.16. The normalized spacial score (nSPS) is 19.2. The minimum absolute atomic E-state index is 0.161. The predicted octanol–water partition coefficient (Wildman–Crippen LogP) is 3.10. The molecule has 0 radical (unpaired) electrons. The van der Waals surface area contributed by atoms with Gasteiger partial charge in [-0.15, -0.1) is 0 Å². The Balaban J connectivity index is 1.60. The lowest BCUT2D eigenvalue weighted by Gasteiger charge is -2.18. The van der Waals surface area contributed by atoms with E-state index in [4.69, 9.17) is 4.74 Å². The summed E-state index contributed by atoms with van der Waals surface area (Å²) in [6.45, 7) is 0. The molecule has 0 fully saturated rings. The van der Waals surface area contributed by atoms with Crippen LogP contribution < -0.4 is 10.1 Å². The van der Waals surface area contributed by atoms with E-state index in [1.807, 2.05) is 6.07 Å². The van der Waals surface area contributed by atoms with Crippen molar-refractivity contribution in [1.29, 1.82) is 0 Å². The summed E-state index contributed by atoms with van der Waals surface area (Å²) >= 11 is 0. The van der Waals surface area contributed by atoms with E-state index in [1.54, 1.807) is 13.3 Å². The van der Waals surface area contributed by atoms with E-state index in [2.05, 4.69) is 27.4 Å². The smallest absolute Gasteiger partial charge is 0.223 e. The lowest BCUT2D eigenvalue weighted by atomic mass is 9.96. The Morgan fingerprint density at radius 1 is 1.26 bits per heavy atom. The SMILES string of the molecule is COc1ccc2c(c1)[C@@H](Nc1ncc3c(n1)CCCC3=O)CC2. The van der Waals surface area contributed by atoms with Gasteiger partial charge in [0.2, 0.25) is 5.95 Å². The van der Waals surface area contributed by atoms with E-state index in [-0.39, 0.29) is 11.8 Å². The molecule has 1 aromatic carbocycles. The molecule has 1 atom stereocenters. The number of nitrogens with one attached hydrogen (secondary N) is 1. The van der Waals surface area contributed by atoms with Crippen molar-refractivity contribution in [3.63, 3.8) is 0 Å². The highest BCUT2D eigenvalue weighted by atomic mass is 16.5. The fourth-order valence-corrected chi connectivity index (χ4v) is 3.47. The molecule has 23 heavy (non-hydrogen) atoms. The Bertz CT molecular complexity index is 773. The third-order valence-electron chi connectivity index (χ3n) is 4.72. The minimum atomic E-state index is 0.161. The first-order chi connectivity index (χ1) is 11.2. The number of carbonyl (C=O) groups excluding carboxylic acids is 1. The van der Waals surface area contributed by atoms with E-state index in [0.29, 0.717) is 17.9 Å². The molecule has 118 valence electrons. The maximum absolute atomic E-state index is 11.9. The first-order valence-electron chi connectivity index (χ1n) is 8.07. The molecular weight excluding hydrogens is 290 g/mol. The van der Waals surface area contributed by atoms with Crippen molar-refractivity contribution in [2.75, 3.05) is 12.4 Å². The van der Waals surface area contributed by atoms with Crippen LogP contribution in [0.4, 0.5) is 5.95 Å². The van der Waals surface area contributed by atoms with E-state index in [9.17, 15) is 4.79 Å². The molecule has 0 spiro atoms. The van der Waals surface area contributed by atoms with Crippen molar-refractivity contribution in [1.82, 2.24) is 9.97 Å². The van der Waals surface area contributed by atoms with E-state index >= 15 is 0 Å². The molecule has 2 aliphatic carbocycles. The molecule has 0 saturated heterocycles. The van der Waals surface area contributed by atoms with Crippen molar-refractivity contribution in [3.8, 4) is 5.75 Å². The number of aromatic nitrogens is 2. The summed E-state index contributed by atoms with van der Waals surface area (Å²) in [5.41, 5.74) is 4.16. The maximum Gasteiger partial charge on any atom is 0.223 e. The fraction of sp³-hybridized carbons (Fsp3) is 0.389. The van der Waals surface area contributed by atoms with Crippen LogP contribution in [-0.2, 0) is 12.8 Å². The number of methoxy groups -OCH3 is 1. The van der Waals surface area contributed by atoms with Crippen molar-refractivity contribution in [2.45, 2.75) is 38.1 Å². The van der Waals surface area contributed by atoms with E-state index in [1.165, 1.54) is 11.1 Å². The number of hydrogen-bond donors (Lipinski definition) is 1. The summed E-state index contributed by atoms with van der Waals surface area (Å²) in [5.74, 6) is 1.64. The highest BCUT2D eigenvalue weighted by molar-refractivity contribution is 5.97. The standard InChI is InChI=1S/C18H19N3O2/c1-23-12-7-5-11-6-8-16(13(11)9-12)21-18-19-10-14-15(20-18)3-2-4-17(14)22/h5,7,9-10,16H,2-4,6,8H2,1H3,(H,19,20,21)/t16-/m0/s1. The summed E-state index contributed by atoms with van der Waals surface area (Å²) < 4.78 is 5.33. The quantitative estimate of drug-likeness (QED) is 0.944. The van der Waals surface area contributed by atoms with E-state index < -0.39 is 0 Å². The van der Waals surface area contributed by atoms with Gasteiger partial charge in [-0.05, 0) is 48.9 Å². The van der Waals surface area contributed by atoms with Gasteiger partial charge < -0.3 is 10.1 Å². The van der Waals surface area contributed by atoms with Crippen LogP contribution in [-0.4, -0.2) is 22.9 Å². The van der Waals surface area contributed by atoms with Gasteiger partial charge in [0.05, 0.1) is 24.4 Å². The molecular formula is C18H19N3O2. The molecule has 1 heterocycles. The number of nitrogens with zero attached hydrogens (tertiary/aromatic N) is 2. The molecule has 5 nitrogen and oxygen atoms in total. The van der Waals surface area contributed by atoms with Crippen molar-refractivity contribution in [3.05, 3.63) is 46.8 Å². The highest BCUT2D eigenvalue weighted by Gasteiger charge is 2.25. The largest absolute Gasteiger partial charge is 0.497 e. The Morgan fingerprint density at radius 3 is 3.04 bits per heavy atom. The Kier molecular flexibility index (Phi) is 3.48. The van der Waals surface area contributed by atoms with Gasteiger partial charge in [-0.3, -0.25) is 4.79 Å².